The van der Waals surface area contributed by atoms with Gasteiger partial charge < -0.3 is 10.5 Å². The quantitative estimate of drug-likeness (QED) is 0.817. The Hall–Kier alpha value is -1.13. The second-order valence-electron chi connectivity index (χ2n) is 4.35. The zero-order valence-electron chi connectivity index (χ0n) is 9.72. The molecule has 4 nitrogen and oxygen atoms in total. The highest BCUT2D eigenvalue weighted by Gasteiger charge is 2.15. The largest absolute Gasteiger partial charge is 0.397 e. The molecule has 1 fully saturated rings. The fourth-order valence-corrected chi connectivity index (χ4v) is 1.98. The van der Waals surface area contributed by atoms with Crippen molar-refractivity contribution in [2.75, 3.05) is 25.4 Å². The van der Waals surface area contributed by atoms with Crippen LogP contribution < -0.4 is 5.73 Å². The first-order chi connectivity index (χ1) is 7.74. The van der Waals surface area contributed by atoms with E-state index in [0.29, 0.717) is 6.10 Å². The number of anilines is 1. The van der Waals surface area contributed by atoms with E-state index in [9.17, 15) is 0 Å². The van der Waals surface area contributed by atoms with Gasteiger partial charge in [0, 0.05) is 26.2 Å². The van der Waals surface area contributed by atoms with E-state index in [4.69, 9.17) is 10.5 Å². The van der Waals surface area contributed by atoms with Crippen LogP contribution in [0.3, 0.4) is 0 Å². The standard InChI is InChI=1S/C12H19N3O/c1-10-8-15(5-2-6-16-10)9-12-4-3-11(13)7-14-12/h3-4,7,10H,2,5-6,8-9,13H2,1H3. The molecule has 0 aromatic carbocycles. The summed E-state index contributed by atoms with van der Waals surface area (Å²) in [6, 6.07) is 3.89. The lowest BCUT2D eigenvalue weighted by Crippen LogP contribution is -2.30. The number of hydrogen-bond donors (Lipinski definition) is 1. The SMILES string of the molecule is CC1CN(Cc2ccc(N)cn2)CCCO1. The molecular formula is C12H19N3O. The van der Waals surface area contributed by atoms with Gasteiger partial charge in [0.05, 0.1) is 23.7 Å². The number of aromatic nitrogens is 1. The van der Waals surface area contributed by atoms with Crippen LogP contribution in [0.15, 0.2) is 18.3 Å². The molecule has 1 aromatic heterocycles. The predicted molar refractivity (Wildman–Crippen MR) is 64.0 cm³/mol. The van der Waals surface area contributed by atoms with Crippen LogP contribution in [0.5, 0.6) is 0 Å². The predicted octanol–water partition coefficient (Wildman–Crippen LogP) is 1.27. The summed E-state index contributed by atoms with van der Waals surface area (Å²) in [6.45, 7) is 5.93. The van der Waals surface area contributed by atoms with Gasteiger partial charge in [0.25, 0.3) is 0 Å². The number of nitrogens with two attached hydrogens (primary N) is 1. The molecule has 16 heavy (non-hydrogen) atoms. The van der Waals surface area contributed by atoms with Gasteiger partial charge in [0.1, 0.15) is 0 Å². The van der Waals surface area contributed by atoms with Gasteiger partial charge in [-0.3, -0.25) is 9.88 Å². The van der Waals surface area contributed by atoms with Crippen molar-refractivity contribution in [1.29, 1.82) is 0 Å². The summed E-state index contributed by atoms with van der Waals surface area (Å²) >= 11 is 0. The third kappa shape index (κ3) is 3.18. The number of nitrogens with zero attached hydrogens (tertiary/aromatic N) is 2. The van der Waals surface area contributed by atoms with Gasteiger partial charge in [-0.2, -0.15) is 0 Å². The minimum absolute atomic E-state index is 0.316. The smallest absolute Gasteiger partial charge is 0.0674 e. The first-order valence-corrected chi connectivity index (χ1v) is 5.78. The summed E-state index contributed by atoms with van der Waals surface area (Å²) in [5, 5.41) is 0. The fourth-order valence-electron chi connectivity index (χ4n) is 1.98. The fraction of sp³-hybridized carbons (Fsp3) is 0.583. The number of rotatable bonds is 2. The molecule has 1 aliphatic rings. The maximum atomic E-state index is 5.61. The maximum Gasteiger partial charge on any atom is 0.0674 e. The summed E-state index contributed by atoms with van der Waals surface area (Å²) in [6.07, 6.45) is 3.13. The lowest BCUT2D eigenvalue weighted by Gasteiger charge is -2.21. The molecule has 1 saturated heterocycles. The maximum absolute atomic E-state index is 5.61. The zero-order chi connectivity index (χ0) is 11.4. The number of ether oxygens (including phenoxy) is 1. The van der Waals surface area contributed by atoms with Gasteiger partial charge in [-0.15, -0.1) is 0 Å². The van der Waals surface area contributed by atoms with Crippen molar-refractivity contribution in [1.82, 2.24) is 9.88 Å². The lowest BCUT2D eigenvalue weighted by molar-refractivity contribution is 0.0666. The molecule has 0 bridgehead atoms. The molecule has 0 amide bonds. The van der Waals surface area contributed by atoms with Crippen LogP contribution >= 0.6 is 0 Å². The van der Waals surface area contributed by atoms with Crippen LogP contribution in [0.4, 0.5) is 5.69 Å². The number of pyridine rings is 1. The molecule has 1 atom stereocenters. The third-order valence-corrected chi connectivity index (χ3v) is 2.77. The second kappa shape index (κ2) is 5.27. The topological polar surface area (TPSA) is 51.4 Å². The monoisotopic (exact) mass is 221 g/mol. The average Bonchev–Trinajstić information content (AvgIpc) is 2.46. The second-order valence-corrected chi connectivity index (χ2v) is 4.35. The molecule has 0 aliphatic carbocycles. The highest BCUT2D eigenvalue weighted by molar-refractivity contribution is 5.34. The van der Waals surface area contributed by atoms with E-state index in [1.165, 1.54) is 0 Å². The van der Waals surface area contributed by atoms with E-state index in [1.54, 1.807) is 6.20 Å². The van der Waals surface area contributed by atoms with Crippen molar-refractivity contribution in [3.05, 3.63) is 24.0 Å². The van der Waals surface area contributed by atoms with Crippen molar-refractivity contribution in [3.8, 4) is 0 Å². The van der Waals surface area contributed by atoms with Crippen molar-refractivity contribution in [2.24, 2.45) is 0 Å². The Kier molecular flexibility index (Phi) is 3.74. The Morgan fingerprint density at radius 3 is 3.19 bits per heavy atom. The van der Waals surface area contributed by atoms with Crippen molar-refractivity contribution in [2.45, 2.75) is 26.0 Å². The summed E-state index contributed by atoms with van der Waals surface area (Å²) in [5.41, 5.74) is 7.40. The van der Waals surface area contributed by atoms with E-state index in [-0.39, 0.29) is 0 Å². The molecule has 0 spiro atoms. The van der Waals surface area contributed by atoms with E-state index in [0.717, 1.165) is 44.0 Å². The molecule has 1 aliphatic heterocycles. The minimum Gasteiger partial charge on any atom is -0.397 e. The Labute approximate surface area is 96.4 Å². The Morgan fingerprint density at radius 2 is 2.44 bits per heavy atom. The number of nitrogen functional groups attached to an aromatic ring is 1. The van der Waals surface area contributed by atoms with E-state index < -0.39 is 0 Å². The summed E-state index contributed by atoms with van der Waals surface area (Å²) in [5.74, 6) is 0. The molecule has 88 valence electrons. The van der Waals surface area contributed by atoms with Gasteiger partial charge in [0.15, 0.2) is 0 Å². The molecule has 1 unspecified atom stereocenters. The summed E-state index contributed by atoms with van der Waals surface area (Å²) in [4.78, 5) is 6.71. The molecule has 0 radical (unpaired) electrons. The van der Waals surface area contributed by atoms with E-state index >= 15 is 0 Å². The van der Waals surface area contributed by atoms with Gasteiger partial charge in [-0.1, -0.05) is 0 Å². The number of hydrogen-bond acceptors (Lipinski definition) is 4. The van der Waals surface area contributed by atoms with Crippen LogP contribution in [-0.2, 0) is 11.3 Å². The van der Waals surface area contributed by atoms with Crippen LogP contribution in [0, 0.1) is 0 Å². The van der Waals surface area contributed by atoms with Crippen LogP contribution in [-0.4, -0.2) is 35.7 Å². The minimum atomic E-state index is 0.316. The van der Waals surface area contributed by atoms with E-state index in [2.05, 4.69) is 16.8 Å². The molecule has 2 heterocycles. The first-order valence-electron chi connectivity index (χ1n) is 5.78. The average molecular weight is 221 g/mol. The molecule has 1 aromatic rings. The van der Waals surface area contributed by atoms with Crippen molar-refractivity contribution in [3.63, 3.8) is 0 Å². The van der Waals surface area contributed by atoms with Gasteiger partial charge in [0.2, 0.25) is 0 Å². The van der Waals surface area contributed by atoms with Gasteiger partial charge in [-0.05, 0) is 25.5 Å². The van der Waals surface area contributed by atoms with Gasteiger partial charge in [-0.25, -0.2) is 0 Å². The Morgan fingerprint density at radius 1 is 1.56 bits per heavy atom. The molecule has 4 heteroatoms. The molecule has 0 saturated carbocycles. The van der Waals surface area contributed by atoms with Crippen LogP contribution in [0.2, 0.25) is 0 Å². The molecular weight excluding hydrogens is 202 g/mol. The highest BCUT2D eigenvalue weighted by atomic mass is 16.5. The van der Waals surface area contributed by atoms with E-state index in [1.807, 2.05) is 12.1 Å². The normalized spacial score (nSPS) is 22.9. The Balaban J connectivity index is 1.95. The summed E-state index contributed by atoms with van der Waals surface area (Å²) in [7, 11) is 0. The molecule has 2 N–H and O–H groups in total. The third-order valence-electron chi connectivity index (χ3n) is 2.77. The zero-order valence-corrected chi connectivity index (χ0v) is 9.72. The Bertz CT molecular complexity index is 326. The first kappa shape index (κ1) is 11.4. The molecule has 2 rings (SSSR count). The highest BCUT2D eigenvalue weighted by Crippen LogP contribution is 2.10. The lowest BCUT2D eigenvalue weighted by atomic mass is 10.3. The van der Waals surface area contributed by atoms with Crippen molar-refractivity contribution >= 4 is 5.69 Å². The summed E-state index contributed by atoms with van der Waals surface area (Å²) < 4.78 is 5.61. The van der Waals surface area contributed by atoms with Gasteiger partial charge >= 0.3 is 0 Å². The van der Waals surface area contributed by atoms with Crippen LogP contribution in [0.25, 0.3) is 0 Å². The van der Waals surface area contributed by atoms with Crippen molar-refractivity contribution < 1.29 is 4.74 Å². The van der Waals surface area contributed by atoms with Crippen LogP contribution in [0.1, 0.15) is 19.0 Å².